The number of carbonyl (C=O) groups is 2. The van der Waals surface area contributed by atoms with Crippen molar-refractivity contribution < 1.29 is 23.8 Å². The van der Waals surface area contributed by atoms with Crippen LogP contribution in [0.15, 0.2) is 29.5 Å². The fraction of sp³-hybridized carbons (Fsp3) is 0.500. The summed E-state index contributed by atoms with van der Waals surface area (Å²) >= 11 is 0. The van der Waals surface area contributed by atoms with Crippen molar-refractivity contribution in [1.82, 2.24) is 10.6 Å². The van der Waals surface area contributed by atoms with E-state index in [-0.39, 0.29) is 12.6 Å². The molecule has 0 bridgehead atoms. The van der Waals surface area contributed by atoms with Gasteiger partial charge in [-0.15, -0.1) is 0 Å². The van der Waals surface area contributed by atoms with Crippen LogP contribution in [0.25, 0.3) is 0 Å². The molecule has 1 unspecified atom stereocenters. The van der Waals surface area contributed by atoms with Crippen molar-refractivity contribution in [3.63, 3.8) is 0 Å². The van der Waals surface area contributed by atoms with E-state index in [9.17, 15) is 9.59 Å². The fourth-order valence-corrected chi connectivity index (χ4v) is 3.01. The lowest BCUT2D eigenvalue weighted by Crippen LogP contribution is -2.46. The normalized spacial score (nSPS) is 16.4. The summed E-state index contributed by atoms with van der Waals surface area (Å²) in [5.74, 6) is 0.715. The van der Waals surface area contributed by atoms with Crippen molar-refractivity contribution in [2.45, 2.75) is 46.1 Å². The van der Waals surface area contributed by atoms with Gasteiger partial charge in [-0.25, -0.2) is 9.59 Å². The number of allylic oxidation sites excluding steroid dienone is 1. The van der Waals surface area contributed by atoms with Crippen LogP contribution in [0.3, 0.4) is 0 Å². The molecule has 0 fully saturated rings. The Balaban J connectivity index is 2.51. The molecule has 0 spiro atoms. The first-order chi connectivity index (χ1) is 13.0. The molecule has 0 saturated carbocycles. The summed E-state index contributed by atoms with van der Waals surface area (Å²) in [4.78, 5) is 24.9. The van der Waals surface area contributed by atoms with Crippen LogP contribution in [0.4, 0.5) is 4.79 Å². The van der Waals surface area contributed by atoms with Gasteiger partial charge in [-0.3, -0.25) is 0 Å². The first-order valence-corrected chi connectivity index (χ1v) is 9.34. The van der Waals surface area contributed by atoms with Gasteiger partial charge >= 0.3 is 12.0 Å². The Labute approximate surface area is 160 Å². The van der Waals surface area contributed by atoms with Crippen LogP contribution in [-0.4, -0.2) is 32.3 Å². The minimum Gasteiger partial charge on any atom is -0.493 e. The molecule has 2 N–H and O–H groups in total. The topological polar surface area (TPSA) is 85.9 Å². The van der Waals surface area contributed by atoms with Gasteiger partial charge in [0.15, 0.2) is 11.5 Å². The molecule has 0 radical (unpaired) electrons. The van der Waals surface area contributed by atoms with E-state index in [0.717, 1.165) is 18.4 Å². The van der Waals surface area contributed by atoms with Crippen LogP contribution in [0, 0.1) is 0 Å². The minimum atomic E-state index is -0.616. The Bertz CT molecular complexity index is 714. The number of carbonyl (C=O) groups excluding carboxylic acids is 2. The number of nitrogens with one attached hydrogen (secondary N) is 2. The van der Waals surface area contributed by atoms with Gasteiger partial charge in [0, 0.05) is 5.70 Å². The van der Waals surface area contributed by atoms with E-state index in [4.69, 9.17) is 14.2 Å². The highest BCUT2D eigenvalue weighted by Gasteiger charge is 2.33. The Morgan fingerprint density at radius 2 is 1.93 bits per heavy atom. The molecule has 1 heterocycles. The second-order valence-electron chi connectivity index (χ2n) is 6.09. The van der Waals surface area contributed by atoms with Gasteiger partial charge in [0.05, 0.1) is 31.9 Å². The molecule has 2 amide bonds. The summed E-state index contributed by atoms with van der Waals surface area (Å²) < 4.78 is 16.2. The third-order valence-corrected chi connectivity index (χ3v) is 4.25. The van der Waals surface area contributed by atoms with Gasteiger partial charge in [0.25, 0.3) is 0 Å². The van der Waals surface area contributed by atoms with Crippen LogP contribution in [0.1, 0.15) is 51.6 Å². The molecule has 2 rings (SSSR count). The minimum absolute atomic E-state index is 0.261. The van der Waals surface area contributed by atoms with E-state index in [2.05, 4.69) is 17.6 Å². The third-order valence-electron chi connectivity index (χ3n) is 4.25. The predicted octanol–water partition coefficient (Wildman–Crippen LogP) is 3.46. The fourth-order valence-electron chi connectivity index (χ4n) is 3.01. The maximum atomic E-state index is 12.7. The lowest BCUT2D eigenvalue weighted by Gasteiger charge is -2.29. The maximum Gasteiger partial charge on any atom is 0.338 e. The molecule has 7 nitrogen and oxygen atoms in total. The monoisotopic (exact) mass is 376 g/mol. The molecule has 27 heavy (non-hydrogen) atoms. The first-order valence-electron chi connectivity index (χ1n) is 9.34. The van der Waals surface area contributed by atoms with Gasteiger partial charge in [0.2, 0.25) is 0 Å². The van der Waals surface area contributed by atoms with Gasteiger partial charge in [0.1, 0.15) is 0 Å². The lowest BCUT2D eigenvalue weighted by atomic mass is 9.93. The van der Waals surface area contributed by atoms with Crippen molar-refractivity contribution in [2.75, 3.05) is 20.3 Å². The maximum absolute atomic E-state index is 12.7. The average Bonchev–Trinajstić information content (AvgIpc) is 2.66. The molecule has 148 valence electrons. The average molecular weight is 376 g/mol. The molecule has 0 aliphatic carbocycles. The van der Waals surface area contributed by atoms with Crippen molar-refractivity contribution in [2.24, 2.45) is 0 Å². The number of amides is 2. The first kappa shape index (κ1) is 20.6. The number of urea groups is 1. The molecule has 1 atom stereocenters. The standard InChI is InChI=1S/C20H28N2O5/c1-5-8-9-14-17(19(23)27-7-3)18(22-20(24)21-14)13-10-11-15(25-4)16(12-13)26-6-2/h10-12,18H,5-9H2,1-4H3,(H2,21,22,24). The van der Waals surface area contributed by atoms with Gasteiger partial charge in [-0.05, 0) is 44.4 Å². The second kappa shape index (κ2) is 9.85. The smallest absolute Gasteiger partial charge is 0.338 e. The van der Waals surface area contributed by atoms with Crippen LogP contribution < -0.4 is 20.1 Å². The molecule has 1 aliphatic heterocycles. The summed E-state index contributed by atoms with van der Waals surface area (Å²) in [6, 6.07) is 4.41. The zero-order chi connectivity index (χ0) is 19.8. The van der Waals surface area contributed by atoms with E-state index in [0.29, 0.717) is 35.8 Å². The van der Waals surface area contributed by atoms with E-state index in [1.54, 1.807) is 26.2 Å². The Hall–Kier alpha value is -2.70. The van der Waals surface area contributed by atoms with E-state index in [1.165, 1.54) is 0 Å². The van der Waals surface area contributed by atoms with Gasteiger partial charge in [-0.1, -0.05) is 19.4 Å². The number of esters is 1. The lowest BCUT2D eigenvalue weighted by molar-refractivity contribution is -0.139. The summed E-state index contributed by atoms with van der Waals surface area (Å²) in [6.07, 6.45) is 2.41. The Kier molecular flexibility index (Phi) is 7.52. The van der Waals surface area contributed by atoms with E-state index in [1.807, 2.05) is 13.0 Å². The Morgan fingerprint density at radius 3 is 2.56 bits per heavy atom. The molecule has 1 aromatic rings. The van der Waals surface area contributed by atoms with E-state index < -0.39 is 12.0 Å². The molecule has 7 heteroatoms. The molecular weight excluding hydrogens is 348 g/mol. The molecule has 0 saturated heterocycles. The second-order valence-corrected chi connectivity index (χ2v) is 6.09. The van der Waals surface area contributed by atoms with Crippen LogP contribution in [0.2, 0.25) is 0 Å². The van der Waals surface area contributed by atoms with Crippen LogP contribution in [-0.2, 0) is 9.53 Å². The molecular formula is C20H28N2O5. The zero-order valence-electron chi connectivity index (χ0n) is 16.4. The highest BCUT2D eigenvalue weighted by Crippen LogP contribution is 2.35. The highest BCUT2D eigenvalue weighted by molar-refractivity contribution is 5.95. The van der Waals surface area contributed by atoms with Crippen molar-refractivity contribution in [3.8, 4) is 11.5 Å². The molecule has 1 aliphatic rings. The third kappa shape index (κ3) is 4.93. The summed E-state index contributed by atoms with van der Waals surface area (Å²) in [6.45, 7) is 6.43. The SMILES string of the molecule is CCCCC1=C(C(=O)OCC)C(c2ccc(OC)c(OCC)c2)NC(=O)N1. The highest BCUT2D eigenvalue weighted by atomic mass is 16.5. The predicted molar refractivity (Wildman–Crippen MR) is 102 cm³/mol. The summed E-state index contributed by atoms with van der Waals surface area (Å²) in [5, 5.41) is 5.61. The molecule has 0 aromatic heterocycles. The summed E-state index contributed by atoms with van der Waals surface area (Å²) in [5.41, 5.74) is 1.77. The van der Waals surface area contributed by atoms with Crippen LogP contribution >= 0.6 is 0 Å². The number of unbranched alkanes of at least 4 members (excludes halogenated alkanes) is 1. The number of rotatable bonds is 9. The number of ether oxygens (including phenoxy) is 3. The largest absolute Gasteiger partial charge is 0.493 e. The van der Waals surface area contributed by atoms with Crippen LogP contribution in [0.5, 0.6) is 11.5 Å². The number of hydrogen-bond acceptors (Lipinski definition) is 5. The number of hydrogen-bond donors (Lipinski definition) is 2. The van der Waals surface area contributed by atoms with E-state index >= 15 is 0 Å². The Morgan fingerprint density at radius 1 is 1.15 bits per heavy atom. The molecule has 1 aromatic carbocycles. The quantitative estimate of drug-likeness (QED) is 0.645. The van der Waals surface area contributed by atoms with Crippen molar-refractivity contribution >= 4 is 12.0 Å². The zero-order valence-corrected chi connectivity index (χ0v) is 16.4. The van der Waals surface area contributed by atoms with Crippen molar-refractivity contribution in [3.05, 3.63) is 35.0 Å². The number of methoxy groups -OCH3 is 1. The number of benzene rings is 1. The van der Waals surface area contributed by atoms with Gasteiger partial charge in [-0.2, -0.15) is 0 Å². The van der Waals surface area contributed by atoms with Crippen molar-refractivity contribution in [1.29, 1.82) is 0 Å². The van der Waals surface area contributed by atoms with Gasteiger partial charge < -0.3 is 24.8 Å². The summed E-state index contributed by atoms with van der Waals surface area (Å²) in [7, 11) is 1.57.